The van der Waals surface area contributed by atoms with Crippen molar-refractivity contribution < 1.29 is 4.79 Å². The predicted molar refractivity (Wildman–Crippen MR) is 71.0 cm³/mol. The van der Waals surface area contributed by atoms with E-state index < -0.39 is 0 Å². The third-order valence-corrected chi connectivity index (χ3v) is 3.30. The minimum Gasteiger partial charge on any atom is -0.342 e. The Balaban J connectivity index is 2.16. The molecule has 92 valence electrons. The van der Waals surface area contributed by atoms with Crippen LogP contribution in [0.25, 0.3) is 11.0 Å². The van der Waals surface area contributed by atoms with Crippen LogP contribution in [-0.2, 0) is 4.79 Å². The Bertz CT molecular complexity index is 694. The standard InChI is InChI=1S/C12H12N4OS/c1-7-13-8-4-5-9(15-11(8)12(18)14-7)16-6-2-3-10(16)17/h4-5H,2-3,6H2,1H3,(H,13,14,18). The van der Waals surface area contributed by atoms with Gasteiger partial charge >= 0.3 is 0 Å². The number of pyridine rings is 1. The molecule has 0 aromatic carbocycles. The van der Waals surface area contributed by atoms with Gasteiger partial charge in [-0.1, -0.05) is 12.2 Å². The summed E-state index contributed by atoms with van der Waals surface area (Å²) in [5.41, 5.74) is 1.50. The number of anilines is 1. The third-order valence-electron chi connectivity index (χ3n) is 3.02. The molecule has 1 fully saturated rings. The summed E-state index contributed by atoms with van der Waals surface area (Å²) in [6.45, 7) is 2.58. The van der Waals surface area contributed by atoms with Crippen LogP contribution in [0.3, 0.4) is 0 Å². The SMILES string of the molecule is Cc1nc(=S)c2nc(N3CCCC3=O)ccc2[nH]1. The number of H-pyrrole nitrogens is 1. The molecule has 2 aromatic heterocycles. The van der Waals surface area contributed by atoms with Gasteiger partial charge in [-0.25, -0.2) is 9.97 Å². The third kappa shape index (κ3) is 1.78. The Kier molecular flexibility index (Phi) is 2.59. The average Bonchev–Trinajstić information content (AvgIpc) is 2.75. The lowest BCUT2D eigenvalue weighted by molar-refractivity contribution is -0.117. The van der Waals surface area contributed by atoms with E-state index in [2.05, 4.69) is 15.0 Å². The van der Waals surface area contributed by atoms with Gasteiger partial charge in [0.1, 0.15) is 17.2 Å². The Labute approximate surface area is 109 Å². The van der Waals surface area contributed by atoms with Gasteiger partial charge in [-0.3, -0.25) is 9.69 Å². The number of rotatable bonds is 1. The highest BCUT2D eigenvalue weighted by Crippen LogP contribution is 2.21. The minimum atomic E-state index is 0.122. The molecule has 18 heavy (non-hydrogen) atoms. The van der Waals surface area contributed by atoms with Crippen LogP contribution in [0, 0.1) is 11.6 Å². The normalized spacial score (nSPS) is 15.6. The molecule has 0 bridgehead atoms. The van der Waals surface area contributed by atoms with E-state index in [1.165, 1.54) is 0 Å². The van der Waals surface area contributed by atoms with E-state index in [0.29, 0.717) is 22.4 Å². The summed E-state index contributed by atoms with van der Waals surface area (Å²) in [6.07, 6.45) is 1.48. The number of hydrogen-bond acceptors (Lipinski definition) is 4. The largest absolute Gasteiger partial charge is 0.342 e. The van der Waals surface area contributed by atoms with Crippen LogP contribution < -0.4 is 4.90 Å². The zero-order valence-corrected chi connectivity index (χ0v) is 10.8. The quantitative estimate of drug-likeness (QED) is 0.798. The molecule has 2 aromatic rings. The molecule has 1 aliphatic heterocycles. The summed E-state index contributed by atoms with van der Waals surface area (Å²) in [6, 6.07) is 3.74. The summed E-state index contributed by atoms with van der Waals surface area (Å²) in [7, 11) is 0. The topological polar surface area (TPSA) is 61.9 Å². The zero-order valence-electron chi connectivity index (χ0n) is 9.93. The van der Waals surface area contributed by atoms with Gasteiger partial charge in [0.05, 0.1) is 5.52 Å². The first kappa shape index (κ1) is 11.3. The molecule has 1 amide bonds. The van der Waals surface area contributed by atoms with Crippen LogP contribution in [0.2, 0.25) is 0 Å². The van der Waals surface area contributed by atoms with Crippen molar-refractivity contribution in [1.29, 1.82) is 0 Å². The molecule has 0 spiro atoms. The molecular formula is C12H12N4OS. The number of fused-ring (bicyclic) bond motifs is 1. The summed E-state index contributed by atoms with van der Waals surface area (Å²) >= 11 is 5.21. The second-order valence-corrected chi connectivity index (χ2v) is 4.73. The fourth-order valence-electron chi connectivity index (χ4n) is 2.18. The number of aromatic amines is 1. The molecule has 3 rings (SSSR count). The van der Waals surface area contributed by atoms with Gasteiger partial charge in [-0.2, -0.15) is 0 Å². The van der Waals surface area contributed by atoms with E-state index in [1.807, 2.05) is 19.1 Å². The molecule has 3 heterocycles. The molecule has 1 saturated heterocycles. The van der Waals surface area contributed by atoms with E-state index in [1.54, 1.807) is 4.90 Å². The van der Waals surface area contributed by atoms with Crippen molar-refractivity contribution in [2.45, 2.75) is 19.8 Å². The van der Waals surface area contributed by atoms with Gasteiger partial charge < -0.3 is 4.98 Å². The van der Waals surface area contributed by atoms with Crippen LogP contribution in [0.15, 0.2) is 12.1 Å². The summed E-state index contributed by atoms with van der Waals surface area (Å²) in [4.78, 5) is 25.1. The number of nitrogens with zero attached hydrogens (tertiary/aromatic N) is 3. The second-order valence-electron chi connectivity index (χ2n) is 4.34. The summed E-state index contributed by atoms with van der Waals surface area (Å²) in [5, 5.41) is 0. The number of carbonyl (C=O) groups excluding carboxylic acids is 1. The molecule has 5 nitrogen and oxygen atoms in total. The van der Waals surface area contributed by atoms with Crippen molar-refractivity contribution in [1.82, 2.24) is 15.0 Å². The maximum atomic E-state index is 11.7. The first-order valence-electron chi connectivity index (χ1n) is 5.83. The second kappa shape index (κ2) is 4.13. The number of hydrogen-bond donors (Lipinski definition) is 1. The lowest BCUT2D eigenvalue weighted by Gasteiger charge is -2.14. The van der Waals surface area contributed by atoms with Crippen LogP contribution >= 0.6 is 12.2 Å². The number of aromatic nitrogens is 3. The maximum Gasteiger partial charge on any atom is 0.228 e. The lowest BCUT2D eigenvalue weighted by Crippen LogP contribution is -2.24. The van der Waals surface area contributed by atoms with E-state index in [9.17, 15) is 4.79 Å². The highest BCUT2D eigenvalue weighted by Gasteiger charge is 2.22. The number of amides is 1. The Morgan fingerprint density at radius 2 is 2.22 bits per heavy atom. The highest BCUT2D eigenvalue weighted by atomic mass is 32.1. The molecule has 0 atom stereocenters. The van der Waals surface area contributed by atoms with Crippen molar-refractivity contribution in [2.75, 3.05) is 11.4 Å². The molecule has 6 heteroatoms. The van der Waals surface area contributed by atoms with Crippen LogP contribution in [0.5, 0.6) is 0 Å². The van der Waals surface area contributed by atoms with E-state index in [0.717, 1.165) is 24.3 Å². The van der Waals surface area contributed by atoms with Crippen molar-refractivity contribution >= 4 is 35.0 Å². The van der Waals surface area contributed by atoms with E-state index in [4.69, 9.17) is 12.2 Å². The Morgan fingerprint density at radius 1 is 1.39 bits per heavy atom. The van der Waals surface area contributed by atoms with Gasteiger partial charge in [0.15, 0.2) is 4.64 Å². The zero-order chi connectivity index (χ0) is 12.7. The van der Waals surface area contributed by atoms with Gasteiger partial charge in [-0.05, 0) is 25.5 Å². The van der Waals surface area contributed by atoms with Crippen molar-refractivity contribution in [3.8, 4) is 0 Å². The predicted octanol–water partition coefficient (Wildman–Crippen LogP) is 2.12. The maximum absolute atomic E-state index is 11.7. The molecule has 0 radical (unpaired) electrons. The van der Waals surface area contributed by atoms with Gasteiger partial charge in [0, 0.05) is 13.0 Å². The van der Waals surface area contributed by atoms with Crippen molar-refractivity contribution in [3.05, 3.63) is 22.6 Å². The summed E-state index contributed by atoms with van der Waals surface area (Å²) in [5.74, 6) is 1.55. The van der Waals surface area contributed by atoms with Crippen molar-refractivity contribution in [2.24, 2.45) is 0 Å². The first-order valence-corrected chi connectivity index (χ1v) is 6.24. The Hall–Kier alpha value is -1.82. The van der Waals surface area contributed by atoms with Crippen LogP contribution in [0.1, 0.15) is 18.7 Å². The monoisotopic (exact) mass is 260 g/mol. The Morgan fingerprint density at radius 3 is 2.94 bits per heavy atom. The molecule has 0 unspecified atom stereocenters. The van der Waals surface area contributed by atoms with Gasteiger partial charge in [0.25, 0.3) is 0 Å². The number of nitrogens with one attached hydrogen (secondary N) is 1. The fourth-order valence-corrected chi connectivity index (χ4v) is 2.47. The number of aryl methyl sites for hydroxylation is 1. The van der Waals surface area contributed by atoms with E-state index >= 15 is 0 Å². The minimum absolute atomic E-state index is 0.122. The van der Waals surface area contributed by atoms with E-state index in [-0.39, 0.29) is 5.91 Å². The van der Waals surface area contributed by atoms with Crippen molar-refractivity contribution in [3.63, 3.8) is 0 Å². The molecular weight excluding hydrogens is 248 g/mol. The summed E-state index contributed by atoms with van der Waals surface area (Å²) < 4.78 is 0.467. The average molecular weight is 260 g/mol. The molecule has 1 aliphatic rings. The lowest BCUT2D eigenvalue weighted by atomic mass is 10.3. The van der Waals surface area contributed by atoms with Gasteiger partial charge in [-0.15, -0.1) is 0 Å². The fraction of sp³-hybridized carbons (Fsp3) is 0.333. The smallest absolute Gasteiger partial charge is 0.228 e. The molecule has 0 saturated carbocycles. The van der Waals surface area contributed by atoms with Crippen LogP contribution in [0.4, 0.5) is 5.82 Å². The first-order chi connectivity index (χ1) is 8.65. The molecule has 1 N–H and O–H groups in total. The molecule has 0 aliphatic carbocycles. The van der Waals surface area contributed by atoms with Gasteiger partial charge in [0.2, 0.25) is 5.91 Å². The highest BCUT2D eigenvalue weighted by molar-refractivity contribution is 7.71. The number of carbonyl (C=O) groups is 1. The van der Waals surface area contributed by atoms with Crippen LogP contribution in [-0.4, -0.2) is 27.4 Å².